The lowest BCUT2D eigenvalue weighted by Crippen LogP contribution is -2.18. The summed E-state index contributed by atoms with van der Waals surface area (Å²) >= 11 is 0. The van der Waals surface area contributed by atoms with E-state index < -0.39 is 12.0 Å². The first-order chi connectivity index (χ1) is 9.11. The average Bonchev–Trinajstić information content (AvgIpc) is 2.70. The molecule has 1 amide bonds. The number of amides is 1. The molecule has 0 radical (unpaired) electrons. The van der Waals surface area contributed by atoms with Crippen LogP contribution in [-0.4, -0.2) is 21.6 Å². The molecule has 1 atom stereocenters. The second kappa shape index (κ2) is 4.12. The van der Waals surface area contributed by atoms with Crippen LogP contribution in [-0.2, 0) is 16.0 Å². The number of nitrogens with one attached hydrogen (secondary N) is 1. The van der Waals surface area contributed by atoms with Crippen molar-refractivity contribution in [2.24, 2.45) is 0 Å². The Labute approximate surface area is 109 Å². The number of carbonyl (C=O) groups is 2. The Bertz CT molecular complexity index is 687. The van der Waals surface area contributed by atoms with Gasteiger partial charge in [0.25, 0.3) is 0 Å². The third-order valence-electron chi connectivity index (χ3n) is 3.58. The van der Waals surface area contributed by atoms with Crippen LogP contribution in [0.5, 0.6) is 0 Å². The largest absolute Gasteiger partial charge is 0.480 e. The quantitative estimate of drug-likeness (QED) is 0.886. The maximum Gasteiger partial charge on any atom is 0.326 e. The van der Waals surface area contributed by atoms with Gasteiger partial charge in [-0.15, -0.1) is 0 Å². The van der Waals surface area contributed by atoms with E-state index >= 15 is 0 Å². The van der Waals surface area contributed by atoms with Crippen molar-refractivity contribution in [3.05, 3.63) is 30.0 Å². The lowest BCUT2D eigenvalue weighted by molar-refractivity contribution is -0.140. The number of nitrogens with zero attached hydrogens (tertiary/aromatic N) is 1. The van der Waals surface area contributed by atoms with Gasteiger partial charge in [0, 0.05) is 11.6 Å². The molecule has 0 saturated heterocycles. The molecule has 0 saturated carbocycles. The van der Waals surface area contributed by atoms with Crippen LogP contribution in [0.15, 0.2) is 24.4 Å². The van der Waals surface area contributed by atoms with Crippen LogP contribution in [0.25, 0.3) is 10.9 Å². The summed E-state index contributed by atoms with van der Waals surface area (Å²) in [5.74, 6) is -0.914. The highest BCUT2D eigenvalue weighted by molar-refractivity contribution is 6.09. The van der Waals surface area contributed by atoms with Gasteiger partial charge in [0.05, 0.1) is 17.6 Å². The number of aliphatic carboxylic acids is 1. The molecule has 1 aromatic carbocycles. The minimum absolute atomic E-state index is 0.0545. The number of carboxylic acid groups (broad SMARTS) is 1. The van der Waals surface area contributed by atoms with Crippen LogP contribution in [0.1, 0.15) is 24.9 Å². The molecular weight excluding hydrogens is 244 g/mol. The third kappa shape index (κ3) is 1.69. The number of carbonyl (C=O) groups excluding carboxylic acids is 1. The summed E-state index contributed by atoms with van der Waals surface area (Å²) in [6.07, 6.45) is 2.57. The molecule has 3 rings (SSSR count). The van der Waals surface area contributed by atoms with Crippen molar-refractivity contribution in [1.82, 2.24) is 4.57 Å². The summed E-state index contributed by atoms with van der Waals surface area (Å²) < 4.78 is 1.74. The van der Waals surface area contributed by atoms with Crippen molar-refractivity contribution < 1.29 is 14.7 Å². The van der Waals surface area contributed by atoms with E-state index in [-0.39, 0.29) is 5.91 Å². The first kappa shape index (κ1) is 11.8. The Morgan fingerprint density at radius 2 is 2.32 bits per heavy atom. The Kier molecular flexibility index (Phi) is 2.55. The molecule has 5 heteroatoms. The average molecular weight is 258 g/mol. The van der Waals surface area contributed by atoms with E-state index in [0.717, 1.165) is 16.5 Å². The van der Waals surface area contributed by atoms with Crippen LogP contribution < -0.4 is 5.32 Å². The fraction of sp³-hybridized carbons (Fsp3) is 0.286. The standard InChI is InChI=1S/C14H14N2O3/c1-2-10(14(18)19)16-7-9-13-8(6-12(17)15-9)4-3-5-11(13)16/h3-5,7,10H,2,6H2,1H3,(H,15,17)(H,18,19). The van der Waals surface area contributed by atoms with E-state index in [1.54, 1.807) is 10.8 Å². The van der Waals surface area contributed by atoms with Crippen LogP contribution in [0.2, 0.25) is 0 Å². The number of benzene rings is 1. The zero-order valence-corrected chi connectivity index (χ0v) is 10.5. The van der Waals surface area contributed by atoms with Gasteiger partial charge in [-0.25, -0.2) is 4.79 Å². The highest BCUT2D eigenvalue weighted by Gasteiger charge is 2.25. The zero-order chi connectivity index (χ0) is 13.6. The first-order valence-electron chi connectivity index (χ1n) is 6.27. The normalized spacial score (nSPS) is 15.3. The predicted octanol–water partition coefficient (Wildman–Crippen LogP) is 2.17. The minimum atomic E-state index is -0.859. The van der Waals surface area contributed by atoms with E-state index in [2.05, 4.69) is 5.32 Å². The van der Waals surface area contributed by atoms with Crippen LogP contribution >= 0.6 is 0 Å². The molecule has 0 fully saturated rings. The van der Waals surface area contributed by atoms with E-state index in [1.807, 2.05) is 25.1 Å². The second-order valence-corrected chi connectivity index (χ2v) is 4.75. The topological polar surface area (TPSA) is 71.3 Å². The molecule has 2 N–H and O–H groups in total. The SMILES string of the molecule is CCC(C(=O)O)n1cc2c3c(cccc31)CC(=O)N2. The van der Waals surface area contributed by atoms with Gasteiger partial charge < -0.3 is 15.0 Å². The minimum Gasteiger partial charge on any atom is -0.480 e. The van der Waals surface area contributed by atoms with Gasteiger partial charge >= 0.3 is 5.97 Å². The van der Waals surface area contributed by atoms with Gasteiger partial charge in [0.15, 0.2) is 0 Å². The van der Waals surface area contributed by atoms with Gasteiger partial charge in [-0.3, -0.25) is 4.79 Å². The van der Waals surface area contributed by atoms with Gasteiger partial charge in [0.1, 0.15) is 6.04 Å². The maximum absolute atomic E-state index is 11.6. The van der Waals surface area contributed by atoms with Crippen molar-refractivity contribution >= 4 is 28.5 Å². The summed E-state index contributed by atoms with van der Waals surface area (Å²) in [5, 5.41) is 13.1. The molecule has 1 aromatic heterocycles. The summed E-state index contributed by atoms with van der Waals surface area (Å²) in [7, 11) is 0. The number of rotatable bonds is 3. The molecule has 1 aliphatic rings. The maximum atomic E-state index is 11.6. The van der Waals surface area contributed by atoms with Gasteiger partial charge in [0.2, 0.25) is 5.91 Å². The summed E-state index contributed by atoms with van der Waals surface area (Å²) in [4.78, 5) is 22.9. The molecule has 98 valence electrons. The summed E-state index contributed by atoms with van der Waals surface area (Å²) in [6.45, 7) is 1.84. The lowest BCUT2D eigenvalue weighted by atomic mass is 10.0. The van der Waals surface area contributed by atoms with Gasteiger partial charge in [-0.1, -0.05) is 19.1 Å². The van der Waals surface area contributed by atoms with E-state index in [9.17, 15) is 14.7 Å². The summed E-state index contributed by atoms with van der Waals surface area (Å²) in [6, 6.07) is 5.06. The van der Waals surface area contributed by atoms with E-state index in [1.165, 1.54) is 0 Å². The number of hydrogen-bond acceptors (Lipinski definition) is 2. The van der Waals surface area contributed by atoms with Crippen LogP contribution in [0.3, 0.4) is 0 Å². The van der Waals surface area contributed by atoms with Gasteiger partial charge in [-0.05, 0) is 18.1 Å². The molecule has 2 heterocycles. The second-order valence-electron chi connectivity index (χ2n) is 4.75. The Morgan fingerprint density at radius 1 is 1.53 bits per heavy atom. The van der Waals surface area contributed by atoms with Crippen molar-refractivity contribution in [2.75, 3.05) is 5.32 Å². The molecular formula is C14H14N2O3. The number of carboxylic acids is 1. The number of aromatic nitrogens is 1. The van der Waals surface area contributed by atoms with E-state index in [0.29, 0.717) is 18.5 Å². The zero-order valence-electron chi connectivity index (χ0n) is 10.5. The lowest BCUT2D eigenvalue weighted by Gasteiger charge is -2.14. The predicted molar refractivity (Wildman–Crippen MR) is 71.2 cm³/mol. The number of hydrogen-bond donors (Lipinski definition) is 2. The highest BCUT2D eigenvalue weighted by Crippen LogP contribution is 2.35. The molecule has 19 heavy (non-hydrogen) atoms. The molecule has 1 unspecified atom stereocenters. The van der Waals surface area contributed by atoms with Crippen molar-refractivity contribution in [1.29, 1.82) is 0 Å². The smallest absolute Gasteiger partial charge is 0.326 e. The van der Waals surface area contributed by atoms with Crippen LogP contribution in [0.4, 0.5) is 5.69 Å². The van der Waals surface area contributed by atoms with Crippen molar-refractivity contribution in [3.8, 4) is 0 Å². The molecule has 0 bridgehead atoms. The van der Waals surface area contributed by atoms with Crippen LogP contribution in [0, 0.1) is 0 Å². The fourth-order valence-corrected chi connectivity index (χ4v) is 2.74. The molecule has 5 nitrogen and oxygen atoms in total. The molecule has 2 aromatic rings. The highest BCUT2D eigenvalue weighted by atomic mass is 16.4. The molecule has 0 aliphatic carbocycles. The number of anilines is 1. The van der Waals surface area contributed by atoms with Crippen molar-refractivity contribution in [3.63, 3.8) is 0 Å². The fourth-order valence-electron chi connectivity index (χ4n) is 2.74. The first-order valence-corrected chi connectivity index (χ1v) is 6.27. The van der Waals surface area contributed by atoms with Gasteiger partial charge in [-0.2, -0.15) is 0 Å². The Hall–Kier alpha value is -2.30. The monoisotopic (exact) mass is 258 g/mol. The Balaban J connectivity index is 2.27. The molecule has 0 spiro atoms. The summed E-state index contributed by atoms with van der Waals surface area (Å²) in [5.41, 5.74) is 2.53. The van der Waals surface area contributed by atoms with E-state index in [4.69, 9.17) is 0 Å². The molecule has 1 aliphatic heterocycles. The van der Waals surface area contributed by atoms with Crippen molar-refractivity contribution in [2.45, 2.75) is 25.8 Å². The Morgan fingerprint density at radius 3 is 3.00 bits per heavy atom. The third-order valence-corrected chi connectivity index (χ3v) is 3.58.